The van der Waals surface area contributed by atoms with Crippen molar-refractivity contribution >= 4 is 24.0 Å². The molecule has 1 aliphatic heterocycles. The fourth-order valence-electron chi connectivity index (χ4n) is 2.20. The Hall–Kier alpha value is -0.610. The quantitative estimate of drug-likeness (QED) is 0.861. The second-order valence-corrected chi connectivity index (χ2v) is 4.51. The highest BCUT2D eigenvalue weighted by atomic mass is 35.5. The topological polar surface area (TPSA) is 15.3 Å². The van der Waals surface area contributed by atoms with Crippen molar-refractivity contribution in [1.82, 2.24) is 10.2 Å². The van der Waals surface area contributed by atoms with E-state index in [2.05, 4.69) is 16.8 Å². The summed E-state index contributed by atoms with van der Waals surface area (Å²) in [6.07, 6.45) is 1.76. The van der Waals surface area contributed by atoms with Crippen LogP contribution in [0, 0.1) is 5.82 Å². The Morgan fingerprint density at radius 2 is 2.06 bits per heavy atom. The molecular weight excluding hydrogens is 274 g/mol. The first-order chi connectivity index (χ1) is 8.24. The van der Waals surface area contributed by atoms with Gasteiger partial charge in [-0.05, 0) is 12.1 Å². The molecule has 1 saturated heterocycles. The minimum atomic E-state index is -0.263. The van der Waals surface area contributed by atoms with Crippen molar-refractivity contribution in [2.24, 2.45) is 0 Å². The van der Waals surface area contributed by atoms with Gasteiger partial charge in [0.05, 0.1) is 6.04 Å². The first-order valence-corrected chi connectivity index (χ1v) is 6.13. The van der Waals surface area contributed by atoms with Gasteiger partial charge in [-0.15, -0.1) is 19.0 Å². The van der Waals surface area contributed by atoms with Gasteiger partial charge in [-0.2, -0.15) is 0 Å². The van der Waals surface area contributed by atoms with Crippen LogP contribution in [0.2, 0.25) is 5.02 Å². The zero-order valence-electron chi connectivity index (χ0n) is 10.0. The van der Waals surface area contributed by atoms with E-state index < -0.39 is 0 Å². The van der Waals surface area contributed by atoms with Crippen LogP contribution in [0.3, 0.4) is 0 Å². The Balaban J connectivity index is 0.00000162. The van der Waals surface area contributed by atoms with Crippen molar-refractivity contribution in [2.75, 3.05) is 26.2 Å². The number of halogens is 3. The van der Waals surface area contributed by atoms with E-state index in [0.717, 1.165) is 26.2 Å². The van der Waals surface area contributed by atoms with Crippen LogP contribution in [-0.2, 0) is 0 Å². The number of benzene rings is 1. The van der Waals surface area contributed by atoms with Crippen LogP contribution < -0.4 is 5.32 Å². The van der Waals surface area contributed by atoms with Crippen LogP contribution in [0.4, 0.5) is 4.39 Å². The highest BCUT2D eigenvalue weighted by Crippen LogP contribution is 2.30. The summed E-state index contributed by atoms with van der Waals surface area (Å²) in [4.78, 5) is 2.19. The number of hydrogen-bond donors (Lipinski definition) is 1. The number of rotatable bonds is 3. The summed E-state index contributed by atoms with van der Waals surface area (Å²) >= 11 is 6.09. The molecule has 100 valence electrons. The smallest absolute Gasteiger partial charge is 0.129 e. The minimum Gasteiger partial charge on any atom is -0.314 e. The molecule has 5 heteroatoms. The second kappa shape index (κ2) is 7.10. The van der Waals surface area contributed by atoms with Gasteiger partial charge in [-0.3, -0.25) is 4.90 Å². The van der Waals surface area contributed by atoms with Crippen LogP contribution in [0.15, 0.2) is 30.9 Å². The molecule has 1 N–H and O–H groups in total. The van der Waals surface area contributed by atoms with Crippen LogP contribution in [-0.4, -0.2) is 31.1 Å². The number of nitrogens with zero attached hydrogens (tertiary/aromatic N) is 1. The average Bonchev–Trinajstić information content (AvgIpc) is 2.35. The lowest BCUT2D eigenvalue weighted by atomic mass is 10.0. The van der Waals surface area contributed by atoms with Gasteiger partial charge >= 0.3 is 0 Å². The molecule has 0 spiro atoms. The molecule has 1 heterocycles. The lowest BCUT2D eigenvalue weighted by Gasteiger charge is -2.33. The van der Waals surface area contributed by atoms with E-state index in [4.69, 9.17) is 11.6 Å². The number of nitrogens with one attached hydrogen (secondary N) is 1. The maximum atomic E-state index is 13.9. The van der Waals surface area contributed by atoms with Gasteiger partial charge in [-0.1, -0.05) is 23.7 Å². The van der Waals surface area contributed by atoms with Crippen LogP contribution in [0.5, 0.6) is 0 Å². The summed E-state index contributed by atoms with van der Waals surface area (Å²) in [6, 6.07) is 4.64. The molecule has 1 fully saturated rings. The molecule has 0 radical (unpaired) electrons. The van der Waals surface area contributed by atoms with Gasteiger partial charge in [-0.25, -0.2) is 4.39 Å². The average molecular weight is 291 g/mol. The Kier molecular flexibility index (Phi) is 6.09. The lowest BCUT2D eigenvalue weighted by Crippen LogP contribution is -2.44. The molecule has 2 rings (SSSR count). The third-order valence-electron chi connectivity index (χ3n) is 3.06. The summed E-state index contributed by atoms with van der Waals surface area (Å²) in [6.45, 7) is 7.39. The maximum absolute atomic E-state index is 13.9. The van der Waals surface area contributed by atoms with Gasteiger partial charge < -0.3 is 5.32 Å². The van der Waals surface area contributed by atoms with Crippen LogP contribution in [0.25, 0.3) is 0 Å². The van der Waals surface area contributed by atoms with Gasteiger partial charge in [0.2, 0.25) is 0 Å². The molecule has 0 saturated carbocycles. The van der Waals surface area contributed by atoms with Crippen molar-refractivity contribution in [1.29, 1.82) is 0 Å². The number of piperazine rings is 1. The Morgan fingerprint density at radius 3 is 2.61 bits per heavy atom. The Labute approximate surface area is 118 Å². The van der Waals surface area contributed by atoms with Gasteiger partial charge in [0.15, 0.2) is 0 Å². The van der Waals surface area contributed by atoms with Gasteiger partial charge in [0.1, 0.15) is 5.82 Å². The van der Waals surface area contributed by atoms with E-state index in [1.54, 1.807) is 18.2 Å². The number of hydrogen-bond acceptors (Lipinski definition) is 2. The Morgan fingerprint density at radius 1 is 1.39 bits per heavy atom. The minimum absolute atomic E-state index is 0. The normalized spacial score (nSPS) is 17.9. The molecule has 0 amide bonds. The summed E-state index contributed by atoms with van der Waals surface area (Å²) < 4.78 is 13.9. The summed E-state index contributed by atoms with van der Waals surface area (Å²) in [5.41, 5.74) is 0.533. The maximum Gasteiger partial charge on any atom is 0.129 e. The molecule has 0 unspecified atom stereocenters. The van der Waals surface area contributed by atoms with E-state index in [1.165, 1.54) is 6.07 Å². The lowest BCUT2D eigenvalue weighted by molar-refractivity contribution is 0.200. The zero-order valence-corrected chi connectivity index (χ0v) is 11.6. The van der Waals surface area contributed by atoms with Crippen LogP contribution >= 0.6 is 24.0 Å². The van der Waals surface area contributed by atoms with E-state index in [9.17, 15) is 4.39 Å². The molecule has 0 aliphatic carbocycles. The van der Waals surface area contributed by atoms with E-state index in [0.29, 0.717) is 10.6 Å². The molecule has 18 heavy (non-hydrogen) atoms. The van der Waals surface area contributed by atoms with Crippen molar-refractivity contribution in [2.45, 2.75) is 6.04 Å². The molecule has 0 aromatic heterocycles. The zero-order chi connectivity index (χ0) is 12.3. The first-order valence-electron chi connectivity index (χ1n) is 5.75. The summed E-state index contributed by atoms with van der Waals surface area (Å²) in [5.74, 6) is -0.263. The third kappa shape index (κ3) is 3.23. The second-order valence-electron chi connectivity index (χ2n) is 4.10. The monoisotopic (exact) mass is 290 g/mol. The van der Waals surface area contributed by atoms with Crippen molar-refractivity contribution in [3.05, 3.63) is 47.3 Å². The first kappa shape index (κ1) is 15.4. The standard InChI is InChI=1S/C13H16ClFN2.ClH/c1-2-12(17-8-6-16-7-9-17)13-10(14)4-3-5-11(13)15;/h2-5,12,16H,1,6-9H2;1H/t12-;/m1./s1. The molecule has 1 aromatic carbocycles. The van der Waals surface area contributed by atoms with E-state index >= 15 is 0 Å². The van der Waals surface area contributed by atoms with Crippen LogP contribution in [0.1, 0.15) is 11.6 Å². The van der Waals surface area contributed by atoms with Crippen molar-refractivity contribution < 1.29 is 4.39 Å². The molecule has 1 aliphatic rings. The molecule has 1 atom stereocenters. The fraction of sp³-hybridized carbons (Fsp3) is 0.385. The van der Waals surface area contributed by atoms with Gasteiger partial charge in [0.25, 0.3) is 0 Å². The highest BCUT2D eigenvalue weighted by Gasteiger charge is 2.23. The fourth-order valence-corrected chi connectivity index (χ4v) is 2.48. The summed E-state index contributed by atoms with van der Waals surface area (Å²) in [5, 5.41) is 3.74. The summed E-state index contributed by atoms with van der Waals surface area (Å²) in [7, 11) is 0. The predicted molar refractivity (Wildman–Crippen MR) is 76.0 cm³/mol. The molecular formula is C13H17Cl2FN2. The Bertz CT molecular complexity index is 386. The van der Waals surface area contributed by atoms with E-state index in [-0.39, 0.29) is 24.3 Å². The molecule has 1 aromatic rings. The van der Waals surface area contributed by atoms with Gasteiger partial charge in [0, 0.05) is 36.8 Å². The SMILES string of the molecule is C=C[C@H](c1c(F)cccc1Cl)N1CCNCC1.Cl. The largest absolute Gasteiger partial charge is 0.314 e. The predicted octanol–water partition coefficient (Wildman–Crippen LogP) is 3.03. The van der Waals surface area contributed by atoms with E-state index in [1.807, 2.05) is 0 Å². The van der Waals surface area contributed by atoms with Crippen molar-refractivity contribution in [3.8, 4) is 0 Å². The van der Waals surface area contributed by atoms with Crippen molar-refractivity contribution in [3.63, 3.8) is 0 Å². The highest BCUT2D eigenvalue weighted by molar-refractivity contribution is 6.31. The molecule has 0 bridgehead atoms. The molecule has 2 nitrogen and oxygen atoms in total. The third-order valence-corrected chi connectivity index (χ3v) is 3.39.